The van der Waals surface area contributed by atoms with Crippen LogP contribution < -0.4 is 5.32 Å². The summed E-state index contributed by atoms with van der Waals surface area (Å²) < 4.78 is 13.3. The van der Waals surface area contributed by atoms with Gasteiger partial charge in [0, 0.05) is 12.6 Å². The molecule has 1 fully saturated rings. The molecule has 0 aliphatic heterocycles. The molecule has 0 radical (unpaired) electrons. The number of amides is 2. The Kier molecular flexibility index (Phi) is 4.99. The Bertz CT molecular complexity index is 796. The molecular formula is C20H20FN3O. The van der Waals surface area contributed by atoms with Crippen LogP contribution in [0.15, 0.2) is 48.5 Å². The van der Waals surface area contributed by atoms with Gasteiger partial charge in [-0.3, -0.25) is 0 Å². The van der Waals surface area contributed by atoms with Gasteiger partial charge in [-0.2, -0.15) is 5.26 Å². The molecular weight excluding hydrogens is 317 g/mol. The maximum Gasteiger partial charge on any atom is 0.322 e. The number of carbonyl (C=O) groups is 1. The monoisotopic (exact) mass is 337 g/mol. The molecule has 1 saturated carbocycles. The first-order chi connectivity index (χ1) is 12.1. The van der Waals surface area contributed by atoms with Gasteiger partial charge in [0.15, 0.2) is 0 Å². The smallest absolute Gasteiger partial charge is 0.317 e. The van der Waals surface area contributed by atoms with Crippen molar-refractivity contribution in [2.45, 2.75) is 32.4 Å². The highest BCUT2D eigenvalue weighted by Crippen LogP contribution is 2.36. The van der Waals surface area contributed by atoms with Crippen molar-refractivity contribution in [1.29, 1.82) is 5.26 Å². The molecule has 2 aromatic rings. The van der Waals surface area contributed by atoms with Crippen LogP contribution in [0.2, 0.25) is 0 Å². The summed E-state index contributed by atoms with van der Waals surface area (Å²) in [6.45, 7) is 2.55. The lowest BCUT2D eigenvalue weighted by atomic mass is 10.1. The number of hydrogen-bond acceptors (Lipinski definition) is 2. The second-order valence-electron chi connectivity index (χ2n) is 6.42. The van der Waals surface area contributed by atoms with Crippen molar-refractivity contribution in [3.05, 3.63) is 65.5 Å². The fourth-order valence-corrected chi connectivity index (χ4v) is 2.92. The molecule has 1 aliphatic rings. The van der Waals surface area contributed by atoms with Gasteiger partial charge in [0.25, 0.3) is 0 Å². The van der Waals surface area contributed by atoms with Gasteiger partial charge in [-0.25, -0.2) is 9.18 Å². The number of rotatable bonds is 5. The zero-order chi connectivity index (χ0) is 17.8. The van der Waals surface area contributed by atoms with Crippen molar-refractivity contribution < 1.29 is 9.18 Å². The summed E-state index contributed by atoms with van der Waals surface area (Å²) in [6.07, 6.45) is 2.25. The average Bonchev–Trinajstić information content (AvgIpc) is 3.46. The molecule has 1 atom stereocenters. The minimum absolute atomic E-state index is 0.103. The Morgan fingerprint density at radius 2 is 2.04 bits per heavy atom. The highest BCUT2D eigenvalue weighted by atomic mass is 19.1. The summed E-state index contributed by atoms with van der Waals surface area (Å²) in [5.74, 6) is 0.0140. The number of nitrogens with one attached hydrogen (secondary N) is 1. The molecule has 25 heavy (non-hydrogen) atoms. The minimum Gasteiger partial charge on any atom is -0.317 e. The number of anilines is 1. The molecule has 0 aromatic heterocycles. The third kappa shape index (κ3) is 4.16. The highest BCUT2D eigenvalue weighted by molar-refractivity contribution is 5.91. The zero-order valence-electron chi connectivity index (χ0n) is 14.1. The van der Waals surface area contributed by atoms with E-state index in [-0.39, 0.29) is 17.6 Å². The summed E-state index contributed by atoms with van der Waals surface area (Å²) in [5, 5.41) is 11.9. The van der Waals surface area contributed by atoms with Gasteiger partial charge < -0.3 is 10.2 Å². The number of hydrogen-bond donors (Lipinski definition) is 1. The molecule has 1 N–H and O–H groups in total. The largest absolute Gasteiger partial charge is 0.322 e. The molecule has 5 heteroatoms. The van der Waals surface area contributed by atoms with Gasteiger partial charge in [-0.1, -0.05) is 30.3 Å². The predicted octanol–water partition coefficient (Wildman–Crippen LogP) is 4.53. The molecule has 1 unspecified atom stereocenters. The molecule has 0 spiro atoms. The molecule has 128 valence electrons. The highest BCUT2D eigenvalue weighted by Gasteiger charge is 2.34. The van der Waals surface area contributed by atoms with E-state index in [0.29, 0.717) is 18.2 Å². The molecule has 0 heterocycles. The third-order valence-electron chi connectivity index (χ3n) is 4.60. The summed E-state index contributed by atoms with van der Waals surface area (Å²) in [7, 11) is 0. The second-order valence-corrected chi connectivity index (χ2v) is 6.42. The quantitative estimate of drug-likeness (QED) is 0.871. The van der Waals surface area contributed by atoms with Crippen LogP contribution in [0.4, 0.5) is 14.9 Å². The van der Waals surface area contributed by atoms with Crippen LogP contribution in [0.25, 0.3) is 0 Å². The van der Waals surface area contributed by atoms with Crippen molar-refractivity contribution >= 4 is 11.7 Å². The van der Waals surface area contributed by atoms with Crippen molar-refractivity contribution in [1.82, 2.24) is 4.90 Å². The Morgan fingerprint density at radius 3 is 2.68 bits per heavy atom. The maximum absolute atomic E-state index is 13.3. The SMILES string of the molecule is CC(C1CC1)N(Cc1ccccc1)C(=O)Nc1ccc(F)cc1C#N. The lowest BCUT2D eigenvalue weighted by Crippen LogP contribution is -2.42. The van der Waals surface area contributed by atoms with Crippen molar-refractivity contribution in [3.63, 3.8) is 0 Å². The van der Waals surface area contributed by atoms with Gasteiger partial charge in [0.2, 0.25) is 0 Å². The maximum atomic E-state index is 13.3. The van der Waals surface area contributed by atoms with E-state index in [1.54, 1.807) is 4.90 Å². The second kappa shape index (κ2) is 7.35. The van der Waals surface area contributed by atoms with Gasteiger partial charge in [0.1, 0.15) is 11.9 Å². The van der Waals surface area contributed by atoms with Gasteiger partial charge in [-0.15, -0.1) is 0 Å². The van der Waals surface area contributed by atoms with Crippen LogP contribution in [0, 0.1) is 23.1 Å². The van der Waals surface area contributed by atoms with Gasteiger partial charge in [0.05, 0.1) is 11.3 Å². The Labute approximate surface area is 146 Å². The van der Waals surface area contributed by atoms with Gasteiger partial charge in [-0.05, 0) is 49.4 Å². The first-order valence-corrected chi connectivity index (χ1v) is 8.39. The zero-order valence-corrected chi connectivity index (χ0v) is 14.1. The molecule has 0 bridgehead atoms. The first kappa shape index (κ1) is 17.0. The van der Waals surface area contributed by atoms with Crippen LogP contribution in [-0.2, 0) is 6.54 Å². The van der Waals surface area contributed by atoms with E-state index < -0.39 is 5.82 Å². The van der Waals surface area contributed by atoms with Crippen LogP contribution in [0.5, 0.6) is 0 Å². The molecule has 3 rings (SSSR count). The van der Waals surface area contributed by atoms with E-state index in [0.717, 1.165) is 24.5 Å². The first-order valence-electron chi connectivity index (χ1n) is 8.39. The van der Waals surface area contributed by atoms with E-state index >= 15 is 0 Å². The Hall–Kier alpha value is -2.87. The third-order valence-corrected chi connectivity index (χ3v) is 4.60. The van der Waals surface area contributed by atoms with Crippen LogP contribution in [0.3, 0.4) is 0 Å². The summed E-state index contributed by atoms with van der Waals surface area (Å²) in [4.78, 5) is 14.6. The van der Waals surface area contributed by atoms with E-state index in [4.69, 9.17) is 5.26 Å². The van der Waals surface area contributed by atoms with Crippen molar-refractivity contribution in [2.24, 2.45) is 5.92 Å². The summed E-state index contributed by atoms with van der Waals surface area (Å²) >= 11 is 0. The van der Waals surface area contributed by atoms with E-state index in [2.05, 4.69) is 12.2 Å². The average molecular weight is 337 g/mol. The number of halogens is 1. The molecule has 0 saturated heterocycles. The summed E-state index contributed by atoms with van der Waals surface area (Å²) in [5.41, 5.74) is 1.49. The van der Waals surface area contributed by atoms with Crippen LogP contribution >= 0.6 is 0 Å². The fourth-order valence-electron chi connectivity index (χ4n) is 2.92. The lowest BCUT2D eigenvalue weighted by molar-refractivity contribution is 0.180. The number of urea groups is 1. The number of nitrogens with zero attached hydrogens (tertiary/aromatic N) is 2. The van der Waals surface area contributed by atoms with E-state index in [1.807, 2.05) is 36.4 Å². The number of carbonyl (C=O) groups excluding carboxylic acids is 1. The normalized spacial score (nSPS) is 14.4. The topological polar surface area (TPSA) is 56.1 Å². The standard InChI is InChI=1S/C20H20FN3O/c1-14(16-7-8-16)24(13-15-5-3-2-4-6-15)20(25)23-19-10-9-18(21)11-17(19)12-22/h2-6,9-11,14,16H,7-8,13H2,1H3,(H,23,25). The van der Waals surface area contributed by atoms with E-state index in [9.17, 15) is 9.18 Å². The number of benzene rings is 2. The molecule has 1 aliphatic carbocycles. The Morgan fingerprint density at radius 1 is 1.32 bits per heavy atom. The molecule has 2 amide bonds. The van der Waals surface area contributed by atoms with Crippen LogP contribution in [-0.4, -0.2) is 17.0 Å². The lowest BCUT2D eigenvalue weighted by Gasteiger charge is -2.30. The molecule has 2 aromatic carbocycles. The van der Waals surface area contributed by atoms with Gasteiger partial charge >= 0.3 is 6.03 Å². The predicted molar refractivity (Wildman–Crippen MR) is 94.3 cm³/mol. The summed E-state index contributed by atoms with van der Waals surface area (Å²) in [6, 6.07) is 15.3. The van der Waals surface area contributed by atoms with Crippen LogP contribution in [0.1, 0.15) is 30.9 Å². The number of nitriles is 1. The Balaban J connectivity index is 1.80. The van der Waals surface area contributed by atoms with Crippen molar-refractivity contribution in [3.8, 4) is 6.07 Å². The molecule has 4 nitrogen and oxygen atoms in total. The van der Waals surface area contributed by atoms with Crippen molar-refractivity contribution in [2.75, 3.05) is 5.32 Å². The van der Waals surface area contributed by atoms with E-state index in [1.165, 1.54) is 12.1 Å². The fraction of sp³-hybridized carbons (Fsp3) is 0.300. The minimum atomic E-state index is -0.498.